The molecule has 0 atom stereocenters. The number of hydrogen-bond acceptors (Lipinski definition) is 3. The van der Waals surface area contributed by atoms with E-state index in [1.807, 2.05) is 0 Å². The second kappa shape index (κ2) is 9.71. The molecular weight excluding hydrogens is 484 g/mol. The van der Waals surface area contributed by atoms with Gasteiger partial charge in [0, 0.05) is 65.4 Å². The first-order valence-electron chi connectivity index (χ1n) is 4.57. The molecule has 18 heavy (non-hydrogen) atoms. The summed E-state index contributed by atoms with van der Waals surface area (Å²) in [6.45, 7) is 6.93. The fourth-order valence-corrected chi connectivity index (χ4v) is 1.03. The average Bonchev–Trinajstić information content (AvgIpc) is 2.28. The van der Waals surface area contributed by atoms with Gasteiger partial charge in [-0.3, -0.25) is 0 Å². The van der Waals surface area contributed by atoms with Crippen molar-refractivity contribution in [3.8, 4) is 0 Å². The van der Waals surface area contributed by atoms with Crippen molar-refractivity contribution in [2.75, 3.05) is 6.61 Å². The fourth-order valence-electron chi connectivity index (χ4n) is 1.03. The third-order valence-electron chi connectivity index (χ3n) is 1.80. The molecule has 0 heterocycles. The number of carbonyl (C=O) groups is 2. The summed E-state index contributed by atoms with van der Waals surface area (Å²) in [4.78, 5) is 22.7. The molecular formula is C12H9FO3WY-2. The van der Waals surface area contributed by atoms with Crippen LogP contribution in [0.1, 0.15) is 17.3 Å². The van der Waals surface area contributed by atoms with Crippen molar-refractivity contribution in [1.82, 2.24) is 0 Å². The Morgan fingerprint density at radius 1 is 1.50 bits per heavy atom. The van der Waals surface area contributed by atoms with Gasteiger partial charge in [0.15, 0.2) is 0 Å². The van der Waals surface area contributed by atoms with Crippen molar-refractivity contribution in [3.05, 3.63) is 47.8 Å². The number of ketones is 1. The predicted molar refractivity (Wildman–Crippen MR) is 54.0 cm³/mol. The molecule has 0 aromatic heterocycles. The van der Waals surface area contributed by atoms with E-state index in [9.17, 15) is 14.0 Å². The van der Waals surface area contributed by atoms with Crippen molar-refractivity contribution >= 4 is 11.8 Å². The summed E-state index contributed by atoms with van der Waals surface area (Å²) < 4.78 is 17.7. The minimum Gasteiger partial charge on any atom is -0.520 e. The average molecular weight is 493 g/mol. The first-order valence-corrected chi connectivity index (χ1v) is 4.57. The van der Waals surface area contributed by atoms with Crippen LogP contribution in [-0.2, 0) is 63.3 Å². The summed E-state index contributed by atoms with van der Waals surface area (Å²) >= 11 is 0. The molecule has 93 valence electrons. The molecule has 0 N–H and O–H groups in total. The maximum absolute atomic E-state index is 13.2. The Kier molecular flexibility index (Phi) is 10.9. The van der Waals surface area contributed by atoms with E-state index in [-0.39, 0.29) is 65.9 Å². The number of halogens is 1. The van der Waals surface area contributed by atoms with E-state index in [1.54, 1.807) is 6.92 Å². The maximum atomic E-state index is 13.2. The third-order valence-corrected chi connectivity index (χ3v) is 1.80. The van der Waals surface area contributed by atoms with E-state index in [0.29, 0.717) is 0 Å². The van der Waals surface area contributed by atoms with Crippen LogP contribution in [0.15, 0.2) is 23.8 Å². The first-order chi connectivity index (χ1) is 7.57. The number of esters is 1. The molecule has 0 bridgehead atoms. The van der Waals surface area contributed by atoms with Crippen LogP contribution >= 0.6 is 0 Å². The van der Waals surface area contributed by atoms with Gasteiger partial charge in [-0.05, 0) is 6.92 Å². The molecule has 0 saturated heterocycles. The first kappa shape index (κ1) is 20.1. The van der Waals surface area contributed by atoms with E-state index >= 15 is 0 Å². The summed E-state index contributed by atoms with van der Waals surface area (Å²) in [6.07, 6.45) is 0. The Hall–Kier alpha value is -0.178. The van der Waals surface area contributed by atoms with Crippen molar-refractivity contribution in [2.24, 2.45) is 0 Å². The number of Topliss-reactive ketones (excluding diaryl/α,β-unsaturated/α-hetero) is 1. The van der Waals surface area contributed by atoms with E-state index in [2.05, 4.69) is 10.8 Å². The molecule has 1 radical (unpaired) electrons. The van der Waals surface area contributed by atoms with Gasteiger partial charge in [-0.15, -0.1) is 11.6 Å². The molecule has 0 aliphatic rings. The summed E-state index contributed by atoms with van der Waals surface area (Å²) in [5, 5.41) is 0. The molecule has 0 aliphatic carbocycles. The molecule has 0 aliphatic heterocycles. The molecule has 3 nitrogen and oxygen atoms in total. The van der Waals surface area contributed by atoms with Crippen LogP contribution in [0.4, 0.5) is 4.39 Å². The molecule has 1 rings (SSSR count). The van der Waals surface area contributed by atoms with Gasteiger partial charge in [0.25, 0.3) is 0 Å². The summed E-state index contributed by atoms with van der Waals surface area (Å²) in [5.74, 6) is -2.60. The van der Waals surface area contributed by atoms with E-state index in [0.717, 1.165) is 12.1 Å². The van der Waals surface area contributed by atoms with Crippen molar-refractivity contribution in [3.63, 3.8) is 0 Å². The summed E-state index contributed by atoms with van der Waals surface area (Å²) in [5.41, 5.74) is -0.937. The quantitative estimate of drug-likeness (QED) is 0.161. The molecule has 0 fully saturated rings. The largest absolute Gasteiger partial charge is 0.520 e. The second-order valence-electron chi connectivity index (χ2n) is 2.87. The molecule has 0 amide bonds. The Morgan fingerprint density at radius 2 is 2.11 bits per heavy atom. The topological polar surface area (TPSA) is 43.4 Å². The minimum atomic E-state index is -0.948. The number of hydrogen-bond donors (Lipinski definition) is 0. The van der Waals surface area contributed by atoms with Crippen LogP contribution in [-0.4, -0.2) is 18.4 Å². The van der Waals surface area contributed by atoms with E-state index < -0.39 is 23.1 Å². The van der Waals surface area contributed by atoms with Gasteiger partial charge >= 0.3 is 0 Å². The molecule has 0 spiro atoms. The van der Waals surface area contributed by atoms with E-state index in [4.69, 9.17) is 6.58 Å². The van der Waals surface area contributed by atoms with Crippen LogP contribution in [0.25, 0.3) is 0 Å². The minimum absolute atomic E-state index is 0. The van der Waals surface area contributed by atoms with Crippen LogP contribution in [0.5, 0.6) is 0 Å². The normalized spacial score (nSPS) is 8.56. The van der Waals surface area contributed by atoms with Gasteiger partial charge in [0.05, 0.1) is 6.61 Å². The Labute approximate surface area is 144 Å². The summed E-state index contributed by atoms with van der Waals surface area (Å²) in [6, 6.07) is 6.03. The predicted octanol–water partition coefficient (Wildman–Crippen LogP) is 1.73. The van der Waals surface area contributed by atoms with Crippen LogP contribution in [0, 0.1) is 18.5 Å². The van der Waals surface area contributed by atoms with Gasteiger partial charge in [-0.25, -0.2) is 11.0 Å². The molecule has 6 heteroatoms. The molecule has 0 saturated carbocycles. The SMILES string of the molecule is [CH-]=C(C(=O)OCC)C(=O)c1c[c-]ccc1F.[W].[Y]. The number of ether oxygens (including phenoxy) is 1. The molecule has 1 aromatic rings. The van der Waals surface area contributed by atoms with Crippen molar-refractivity contribution in [2.45, 2.75) is 6.92 Å². The zero-order valence-corrected chi connectivity index (χ0v) is 15.4. The zero-order valence-electron chi connectivity index (χ0n) is 9.60. The zero-order chi connectivity index (χ0) is 12.1. The van der Waals surface area contributed by atoms with Gasteiger partial charge in [-0.2, -0.15) is 18.2 Å². The van der Waals surface area contributed by atoms with Gasteiger partial charge in [0.2, 0.25) is 5.97 Å². The molecule has 1 aromatic carbocycles. The van der Waals surface area contributed by atoms with Crippen molar-refractivity contribution < 1.29 is 72.5 Å². The third kappa shape index (κ3) is 5.21. The van der Waals surface area contributed by atoms with E-state index in [1.165, 1.54) is 6.07 Å². The Bertz CT molecular complexity index is 449. The van der Waals surface area contributed by atoms with Crippen LogP contribution in [0.2, 0.25) is 0 Å². The smallest absolute Gasteiger partial charge is 0.221 e. The van der Waals surface area contributed by atoms with Gasteiger partial charge in [0.1, 0.15) is 0 Å². The van der Waals surface area contributed by atoms with Crippen LogP contribution < -0.4 is 0 Å². The number of rotatable bonds is 4. The molecule has 0 unspecified atom stereocenters. The number of carbonyl (C=O) groups excluding carboxylic acids is 2. The Morgan fingerprint density at radius 3 is 2.61 bits per heavy atom. The second-order valence-corrected chi connectivity index (χ2v) is 2.87. The maximum Gasteiger partial charge on any atom is 0.221 e. The van der Waals surface area contributed by atoms with Gasteiger partial charge in [-0.1, -0.05) is 5.57 Å². The number of benzene rings is 1. The fraction of sp³-hybridized carbons (Fsp3) is 0.167. The van der Waals surface area contributed by atoms with Crippen LogP contribution in [0.3, 0.4) is 0 Å². The standard InChI is InChI=1S/C12H9FO3.W.Y/c1-3-16-12(15)8(2)11(14)9-6-4-5-7-10(9)13;;/h2,5-7H,3H2,1H3;;/q-2;;. The summed E-state index contributed by atoms with van der Waals surface area (Å²) in [7, 11) is 0. The monoisotopic (exact) mass is 493 g/mol. The van der Waals surface area contributed by atoms with Crippen molar-refractivity contribution in [1.29, 1.82) is 0 Å². The Balaban J connectivity index is 0. The van der Waals surface area contributed by atoms with Gasteiger partial charge < -0.3 is 14.3 Å².